The van der Waals surface area contributed by atoms with Crippen LogP contribution in [0.1, 0.15) is 36.8 Å². The minimum absolute atomic E-state index is 0.00446. The van der Waals surface area contributed by atoms with Crippen molar-refractivity contribution in [3.63, 3.8) is 0 Å². The van der Waals surface area contributed by atoms with E-state index >= 15 is 0 Å². The van der Waals surface area contributed by atoms with Crippen LogP contribution in [-0.2, 0) is 32.6 Å². The molecule has 1 aliphatic carbocycles. The van der Waals surface area contributed by atoms with Crippen LogP contribution >= 0.6 is 0 Å². The maximum absolute atomic E-state index is 14.5. The number of rotatable bonds is 13. The van der Waals surface area contributed by atoms with Gasteiger partial charge in [-0.1, -0.05) is 73.5 Å². The molecule has 4 aromatic carbocycles. The molecule has 0 heterocycles. The number of anilines is 1. The van der Waals surface area contributed by atoms with E-state index in [0.29, 0.717) is 17.0 Å². The fraction of sp³-hybridized carbons (Fsp3) is 0.278. The first-order chi connectivity index (χ1) is 22.2. The number of nitrogens with one attached hydrogen (secondary N) is 1. The molecule has 1 atom stereocenters. The Morgan fingerprint density at radius 1 is 0.848 bits per heavy atom. The van der Waals surface area contributed by atoms with Crippen LogP contribution in [0.5, 0.6) is 5.75 Å². The Labute approximate surface area is 269 Å². The van der Waals surface area contributed by atoms with E-state index in [1.165, 1.54) is 36.3 Å². The molecule has 8 nitrogen and oxygen atoms in total. The van der Waals surface area contributed by atoms with Gasteiger partial charge in [-0.05, 0) is 72.5 Å². The smallest absolute Gasteiger partial charge is 0.264 e. The van der Waals surface area contributed by atoms with Crippen LogP contribution in [0.4, 0.5) is 10.1 Å². The monoisotopic (exact) mass is 643 g/mol. The Balaban J connectivity index is 1.54. The number of hydrogen-bond acceptors (Lipinski definition) is 5. The summed E-state index contributed by atoms with van der Waals surface area (Å²) in [5.74, 6) is -0.825. The number of amides is 2. The van der Waals surface area contributed by atoms with Gasteiger partial charge in [0.2, 0.25) is 11.8 Å². The van der Waals surface area contributed by atoms with Crippen LogP contribution in [0.2, 0.25) is 0 Å². The van der Waals surface area contributed by atoms with Crippen LogP contribution in [0.25, 0.3) is 0 Å². The predicted octanol–water partition coefficient (Wildman–Crippen LogP) is 5.73. The Morgan fingerprint density at radius 2 is 1.46 bits per heavy atom. The largest absolute Gasteiger partial charge is 0.497 e. The Hall–Kier alpha value is -4.70. The summed E-state index contributed by atoms with van der Waals surface area (Å²) in [5, 5.41) is 3.14. The molecule has 1 fully saturated rings. The second-order valence-electron chi connectivity index (χ2n) is 11.4. The summed E-state index contributed by atoms with van der Waals surface area (Å²) in [6, 6.07) is 28.5. The molecule has 0 spiro atoms. The van der Waals surface area contributed by atoms with Gasteiger partial charge in [0, 0.05) is 19.0 Å². The summed E-state index contributed by atoms with van der Waals surface area (Å²) in [5.41, 5.74) is 1.74. The van der Waals surface area contributed by atoms with Gasteiger partial charge in [-0.3, -0.25) is 13.9 Å². The minimum Gasteiger partial charge on any atom is -0.497 e. The molecule has 10 heteroatoms. The zero-order valence-electron chi connectivity index (χ0n) is 25.7. The lowest BCUT2D eigenvalue weighted by molar-refractivity contribution is -0.140. The number of halogens is 1. The van der Waals surface area contributed by atoms with E-state index in [1.54, 1.807) is 54.6 Å². The second kappa shape index (κ2) is 15.1. The average molecular weight is 644 g/mol. The fourth-order valence-corrected chi connectivity index (χ4v) is 7.12. The lowest BCUT2D eigenvalue weighted by atomic mass is 10.0. The molecule has 2 amide bonds. The van der Waals surface area contributed by atoms with Gasteiger partial charge in [0.05, 0.1) is 17.7 Å². The molecule has 0 unspecified atom stereocenters. The van der Waals surface area contributed by atoms with E-state index in [4.69, 9.17) is 4.74 Å². The number of ether oxygens (including phenoxy) is 1. The number of para-hydroxylation sites is 1. The van der Waals surface area contributed by atoms with Crippen LogP contribution in [0.3, 0.4) is 0 Å². The minimum atomic E-state index is -4.23. The summed E-state index contributed by atoms with van der Waals surface area (Å²) in [6.07, 6.45) is 3.96. The maximum atomic E-state index is 14.5. The zero-order valence-corrected chi connectivity index (χ0v) is 26.5. The van der Waals surface area contributed by atoms with E-state index in [-0.39, 0.29) is 29.8 Å². The predicted molar refractivity (Wildman–Crippen MR) is 175 cm³/mol. The Bertz CT molecular complexity index is 1700. The highest BCUT2D eigenvalue weighted by Gasteiger charge is 2.35. The van der Waals surface area contributed by atoms with Gasteiger partial charge >= 0.3 is 0 Å². The molecule has 0 saturated heterocycles. The van der Waals surface area contributed by atoms with Gasteiger partial charge in [0.1, 0.15) is 24.2 Å². The highest BCUT2D eigenvalue weighted by Crippen LogP contribution is 2.26. The Kier molecular flexibility index (Phi) is 10.7. The maximum Gasteiger partial charge on any atom is 0.264 e. The molecule has 1 saturated carbocycles. The van der Waals surface area contributed by atoms with Crippen molar-refractivity contribution in [1.29, 1.82) is 0 Å². The van der Waals surface area contributed by atoms with Gasteiger partial charge in [-0.15, -0.1) is 0 Å². The van der Waals surface area contributed by atoms with Crippen molar-refractivity contribution in [3.8, 4) is 5.75 Å². The van der Waals surface area contributed by atoms with Crippen molar-refractivity contribution in [2.45, 2.75) is 55.6 Å². The van der Waals surface area contributed by atoms with Crippen LogP contribution in [-0.4, -0.2) is 50.9 Å². The number of carbonyl (C=O) groups excluding carboxylic acids is 2. The summed E-state index contributed by atoms with van der Waals surface area (Å²) < 4.78 is 48.3. The standard InChI is InChI=1S/C36H38FN3O5S/c1-45-32-20-22-33(23-21-32)46(43,44)40(31-14-6-3-7-15-31)26-35(41)39(25-28-16-18-29(37)19-17-28)34(24-27-10-4-2-5-11-27)36(42)38-30-12-8-9-13-30/h2-7,10-11,14-23,30,34H,8-9,12-13,24-26H2,1H3,(H,38,42)/t34-/m1/s1. The van der Waals surface area contributed by atoms with Crippen LogP contribution < -0.4 is 14.4 Å². The molecule has 240 valence electrons. The van der Waals surface area contributed by atoms with Crippen molar-refractivity contribution in [2.24, 2.45) is 0 Å². The van der Waals surface area contributed by atoms with E-state index < -0.39 is 34.3 Å². The van der Waals surface area contributed by atoms with Crippen molar-refractivity contribution < 1.29 is 27.1 Å². The summed E-state index contributed by atoms with van der Waals surface area (Å²) in [4.78, 5) is 29.9. The summed E-state index contributed by atoms with van der Waals surface area (Å²) in [6.45, 7) is -0.596. The van der Waals surface area contributed by atoms with Gasteiger partial charge < -0.3 is 15.0 Å². The lowest BCUT2D eigenvalue weighted by Crippen LogP contribution is -2.54. The molecule has 4 aromatic rings. The van der Waals surface area contributed by atoms with Gasteiger partial charge in [-0.25, -0.2) is 12.8 Å². The molecular formula is C36H38FN3O5S. The number of carbonyl (C=O) groups is 2. The average Bonchev–Trinajstić information content (AvgIpc) is 3.59. The Morgan fingerprint density at radius 3 is 2.07 bits per heavy atom. The highest BCUT2D eigenvalue weighted by atomic mass is 32.2. The molecule has 0 aliphatic heterocycles. The number of sulfonamides is 1. The third-order valence-electron chi connectivity index (χ3n) is 8.21. The normalized spacial score (nSPS) is 14.0. The molecule has 0 radical (unpaired) electrons. The van der Waals surface area contributed by atoms with Crippen molar-refractivity contribution in [1.82, 2.24) is 10.2 Å². The van der Waals surface area contributed by atoms with Crippen molar-refractivity contribution in [3.05, 3.63) is 126 Å². The number of nitrogens with zero attached hydrogens (tertiary/aromatic N) is 2. The first-order valence-corrected chi connectivity index (χ1v) is 16.8. The van der Waals surface area contributed by atoms with E-state index in [9.17, 15) is 22.4 Å². The SMILES string of the molecule is COc1ccc(S(=O)(=O)N(CC(=O)N(Cc2ccc(F)cc2)[C@H](Cc2ccccc2)C(=O)NC2CCCC2)c2ccccc2)cc1. The van der Waals surface area contributed by atoms with Crippen molar-refractivity contribution in [2.75, 3.05) is 18.0 Å². The first-order valence-electron chi connectivity index (χ1n) is 15.3. The molecule has 0 bridgehead atoms. The zero-order chi connectivity index (χ0) is 32.5. The fourth-order valence-electron chi connectivity index (χ4n) is 5.71. The number of benzene rings is 4. The van der Waals surface area contributed by atoms with Crippen LogP contribution in [0, 0.1) is 5.82 Å². The highest BCUT2D eigenvalue weighted by molar-refractivity contribution is 7.92. The first kappa shape index (κ1) is 32.7. The molecule has 46 heavy (non-hydrogen) atoms. The van der Waals surface area contributed by atoms with Gasteiger partial charge in [0.25, 0.3) is 10.0 Å². The van der Waals surface area contributed by atoms with E-state index in [1.807, 2.05) is 30.3 Å². The number of methoxy groups -OCH3 is 1. The third kappa shape index (κ3) is 8.11. The van der Waals surface area contributed by atoms with Gasteiger partial charge in [-0.2, -0.15) is 0 Å². The summed E-state index contributed by atoms with van der Waals surface area (Å²) in [7, 11) is -2.74. The third-order valence-corrected chi connectivity index (χ3v) is 10.00. The molecule has 0 aromatic heterocycles. The molecule has 1 N–H and O–H groups in total. The molecule has 5 rings (SSSR count). The van der Waals surface area contributed by atoms with Gasteiger partial charge in [0.15, 0.2) is 0 Å². The van der Waals surface area contributed by atoms with E-state index in [0.717, 1.165) is 35.6 Å². The number of hydrogen-bond donors (Lipinski definition) is 1. The van der Waals surface area contributed by atoms with Crippen molar-refractivity contribution >= 4 is 27.5 Å². The van der Waals surface area contributed by atoms with Crippen LogP contribution in [0.15, 0.2) is 114 Å². The molecule has 1 aliphatic rings. The topological polar surface area (TPSA) is 96.0 Å². The quantitative estimate of drug-likeness (QED) is 0.201. The van der Waals surface area contributed by atoms with E-state index in [2.05, 4.69) is 5.32 Å². The molecular weight excluding hydrogens is 605 g/mol. The lowest BCUT2D eigenvalue weighted by Gasteiger charge is -2.34. The summed E-state index contributed by atoms with van der Waals surface area (Å²) >= 11 is 0. The second-order valence-corrected chi connectivity index (χ2v) is 13.2.